The Morgan fingerprint density at radius 3 is 2.64 bits per heavy atom. The summed E-state index contributed by atoms with van der Waals surface area (Å²) in [4.78, 5) is 11.4. The molecule has 3 aromatic rings. The Hall–Kier alpha value is -2.54. The molecular weight excluding hydrogens is 321 g/mol. The molecule has 0 unspecified atom stereocenters. The second-order valence-corrected chi connectivity index (χ2v) is 6.44. The van der Waals surface area contributed by atoms with Gasteiger partial charge in [-0.25, -0.2) is 14.1 Å². The minimum absolute atomic E-state index is 0.0905. The topological polar surface area (TPSA) is 56.1 Å². The maximum Gasteiger partial charge on any atom is 0.253 e. The van der Waals surface area contributed by atoms with Crippen molar-refractivity contribution < 1.29 is 9.13 Å². The third-order valence-corrected chi connectivity index (χ3v) is 4.42. The highest BCUT2D eigenvalue weighted by Gasteiger charge is 2.20. The lowest BCUT2D eigenvalue weighted by atomic mass is 10.0. The quantitative estimate of drug-likeness (QED) is 0.733. The van der Waals surface area contributed by atoms with Crippen LogP contribution in [0.2, 0.25) is 0 Å². The van der Waals surface area contributed by atoms with E-state index < -0.39 is 0 Å². The van der Waals surface area contributed by atoms with Gasteiger partial charge < -0.3 is 9.64 Å². The van der Waals surface area contributed by atoms with Crippen LogP contribution in [0, 0.1) is 5.82 Å². The molecular formula is C18H20FN5O. The number of aromatic nitrogens is 4. The van der Waals surface area contributed by atoms with Crippen LogP contribution in [-0.2, 0) is 4.74 Å². The van der Waals surface area contributed by atoms with E-state index in [2.05, 4.69) is 15.0 Å². The fourth-order valence-electron chi connectivity index (χ4n) is 3.09. The molecule has 2 aromatic heterocycles. The van der Waals surface area contributed by atoms with E-state index in [0.717, 1.165) is 24.3 Å². The molecule has 0 spiro atoms. The van der Waals surface area contributed by atoms with Gasteiger partial charge in [0.1, 0.15) is 11.6 Å². The number of anilines is 1. The minimum atomic E-state index is -0.236. The molecule has 130 valence electrons. The summed E-state index contributed by atoms with van der Waals surface area (Å²) in [6, 6.07) is 5.20. The highest BCUT2D eigenvalue weighted by Crippen LogP contribution is 2.30. The normalized spacial score (nSPS) is 15.3. The predicted octanol–water partition coefficient (Wildman–Crippen LogP) is 2.91. The van der Waals surface area contributed by atoms with Crippen LogP contribution in [0.15, 0.2) is 30.6 Å². The van der Waals surface area contributed by atoms with Gasteiger partial charge in [-0.3, -0.25) is 0 Å². The number of ether oxygens (including phenoxy) is 1. The smallest absolute Gasteiger partial charge is 0.253 e. The first-order valence-corrected chi connectivity index (χ1v) is 8.47. The molecule has 0 saturated carbocycles. The van der Waals surface area contributed by atoms with Gasteiger partial charge in [0.2, 0.25) is 0 Å². The molecule has 3 heterocycles. The summed E-state index contributed by atoms with van der Waals surface area (Å²) < 4.78 is 21.6. The molecule has 1 saturated heterocycles. The van der Waals surface area contributed by atoms with Crippen LogP contribution < -0.4 is 4.90 Å². The monoisotopic (exact) mass is 341 g/mol. The predicted molar refractivity (Wildman–Crippen MR) is 93.7 cm³/mol. The van der Waals surface area contributed by atoms with E-state index in [1.165, 1.54) is 6.07 Å². The summed E-state index contributed by atoms with van der Waals surface area (Å²) in [7, 11) is 0. The first kappa shape index (κ1) is 16.0. The van der Waals surface area contributed by atoms with E-state index in [-0.39, 0.29) is 11.7 Å². The third kappa shape index (κ3) is 2.95. The van der Waals surface area contributed by atoms with Gasteiger partial charge in [0.05, 0.1) is 18.7 Å². The maximum atomic E-state index is 14.5. The molecule has 0 radical (unpaired) electrons. The number of hydrogen-bond donors (Lipinski definition) is 0. The molecule has 0 bridgehead atoms. The maximum absolute atomic E-state index is 14.5. The molecule has 0 atom stereocenters. The largest absolute Gasteiger partial charge is 0.378 e. The molecule has 6 nitrogen and oxygen atoms in total. The first-order chi connectivity index (χ1) is 12.1. The van der Waals surface area contributed by atoms with Crippen molar-refractivity contribution in [2.75, 3.05) is 31.2 Å². The summed E-state index contributed by atoms with van der Waals surface area (Å²) in [5.74, 6) is 1.10. The van der Waals surface area contributed by atoms with Gasteiger partial charge in [-0.2, -0.15) is 10.1 Å². The Balaban J connectivity index is 1.95. The molecule has 1 aromatic carbocycles. The fraction of sp³-hybridized carbons (Fsp3) is 0.389. The van der Waals surface area contributed by atoms with Crippen molar-refractivity contribution in [1.29, 1.82) is 0 Å². The fourth-order valence-corrected chi connectivity index (χ4v) is 3.09. The lowest BCUT2D eigenvalue weighted by Crippen LogP contribution is -2.37. The SMILES string of the molecule is CC(C)c1cc2c(N3CCOCC3)nc(-n3cccn3)nc2cc1F. The van der Waals surface area contributed by atoms with Gasteiger partial charge in [-0.05, 0) is 23.6 Å². The van der Waals surface area contributed by atoms with Gasteiger partial charge in [-0.15, -0.1) is 0 Å². The Bertz CT molecular complexity index is 888. The molecule has 25 heavy (non-hydrogen) atoms. The number of nitrogens with zero attached hydrogens (tertiary/aromatic N) is 5. The van der Waals surface area contributed by atoms with E-state index in [1.807, 2.05) is 26.0 Å². The molecule has 7 heteroatoms. The standard InChI is InChI=1S/C18H20FN5O/c1-12(2)13-10-14-16(11-15(13)19)21-18(24-5-3-4-20-24)22-17(14)23-6-8-25-9-7-23/h3-5,10-12H,6-9H2,1-2H3. The van der Waals surface area contributed by atoms with Crippen LogP contribution >= 0.6 is 0 Å². The lowest BCUT2D eigenvalue weighted by molar-refractivity contribution is 0.122. The van der Waals surface area contributed by atoms with Crippen LogP contribution in [-0.4, -0.2) is 46.1 Å². The van der Waals surface area contributed by atoms with Gasteiger partial charge in [0, 0.05) is 36.9 Å². The van der Waals surface area contributed by atoms with Crippen LogP contribution in [0.4, 0.5) is 10.2 Å². The van der Waals surface area contributed by atoms with E-state index in [4.69, 9.17) is 9.72 Å². The number of fused-ring (bicyclic) bond motifs is 1. The lowest BCUT2D eigenvalue weighted by Gasteiger charge is -2.29. The van der Waals surface area contributed by atoms with Crippen molar-refractivity contribution in [3.05, 3.63) is 42.0 Å². The molecule has 0 amide bonds. The van der Waals surface area contributed by atoms with Crippen LogP contribution in [0.1, 0.15) is 25.3 Å². The average molecular weight is 341 g/mol. The summed E-state index contributed by atoms with van der Waals surface area (Å²) in [5, 5.41) is 5.07. The number of halogens is 1. The zero-order chi connectivity index (χ0) is 17.4. The zero-order valence-electron chi connectivity index (χ0n) is 14.3. The molecule has 1 aliphatic rings. The van der Waals surface area contributed by atoms with Crippen LogP contribution in [0.5, 0.6) is 0 Å². The van der Waals surface area contributed by atoms with Crippen molar-refractivity contribution >= 4 is 16.7 Å². The molecule has 0 N–H and O–H groups in total. The van der Waals surface area contributed by atoms with Crippen molar-refractivity contribution in [2.24, 2.45) is 0 Å². The number of morpholine rings is 1. The van der Waals surface area contributed by atoms with Gasteiger partial charge in [-0.1, -0.05) is 13.8 Å². The van der Waals surface area contributed by atoms with Crippen LogP contribution in [0.25, 0.3) is 16.9 Å². The minimum Gasteiger partial charge on any atom is -0.378 e. The average Bonchev–Trinajstić information content (AvgIpc) is 3.15. The van der Waals surface area contributed by atoms with E-state index >= 15 is 0 Å². The summed E-state index contributed by atoms with van der Waals surface area (Å²) in [6.07, 6.45) is 3.45. The van der Waals surface area contributed by atoms with Crippen LogP contribution in [0.3, 0.4) is 0 Å². The van der Waals surface area contributed by atoms with Gasteiger partial charge >= 0.3 is 0 Å². The van der Waals surface area contributed by atoms with E-state index in [9.17, 15) is 4.39 Å². The van der Waals surface area contributed by atoms with Crippen molar-refractivity contribution in [3.63, 3.8) is 0 Å². The number of hydrogen-bond acceptors (Lipinski definition) is 5. The number of rotatable bonds is 3. The van der Waals surface area contributed by atoms with Gasteiger partial charge in [0.25, 0.3) is 5.95 Å². The van der Waals surface area contributed by atoms with E-state index in [1.54, 1.807) is 17.1 Å². The van der Waals surface area contributed by atoms with Gasteiger partial charge in [0.15, 0.2) is 0 Å². The van der Waals surface area contributed by atoms with E-state index in [0.29, 0.717) is 30.2 Å². The highest BCUT2D eigenvalue weighted by atomic mass is 19.1. The molecule has 1 fully saturated rings. The van der Waals surface area contributed by atoms with Crippen molar-refractivity contribution in [1.82, 2.24) is 19.7 Å². The Morgan fingerprint density at radius 2 is 1.96 bits per heavy atom. The second-order valence-electron chi connectivity index (χ2n) is 6.44. The Labute approximate surface area is 145 Å². The summed E-state index contributed by atoms with van der Waals surface area (Å²) in [6.45, 7) is 6.77. The Morgan fingerprint density at radius 1 is 1.16 bits per heavy atom. The highest BCUT2D eigenvalue weighted by molar-refractivity contribution is 5.91. The van der Waals surface area contributed by atoms with Crippen molar-refractivity contribution in [2.45, 2.75) is 19.8 Å². The second kappa shape index (κ2) is 6.40. The third-order valence-electron chi connectivity index (χ3n) is 4.42. The zero-order valence-corrected chi connectivity index (χ0v) is 14.3. The first-order valence-electron chi connectivity index (χ1n) is 8.47. The number of benzene rings is 1. The summed E-state index contributed by atoms with van der Waals surface area (Å²) >= 11 is 0. The molecule has 4 rings (SSSR count). The van der Waals surface area contributed by atoms with Crippen molar-refractivity contribution in [3.8, 4) is 5.95 Å². The molecule has 1 aliphatic heterocycles. The summed E-state index contributed by atoms with van der Waals surface area (Å²) in [5.41, 5.74) is 1.27. The Kier molecular flexibility index (Phi) is 4.09. The molecule has 0 aliphatic carbocycles.